The first-order valence-corrected chi connectivity index (χ1v) is 10.3. The highest BCUT2D eigenvalue weighted by atomic mass is 35.5. The van der Waals surface area contributed by atoms with Gasteiger partial charge < -0.3 is 14.4 Å². The van der Waals surface area contributed by atoms with Crippen LogP contribution in [0.2, 0.25) is 5.02 Å². The van der Waals surface area contributed by atoms with E-state index in [9.17, 15) is 4.79 Å². The lowest BCUT2D eigenvalue weighted by molar-refractivity contribution is -0.131. The standard InChI is InChI=1S/C23H29ClN2O3/c1-25(15-18-7-9-21(28-2)22(14-18)29-3)20-8-10-23(27)26(12-11-20)16-17-5-4-6-19(24)13-17/h4-7,9,13-14,20H,8,10-12,15-16H2,1-3H3. The molecule has 0 N–H and O–H groups in total. The van der Waals surface area contributed by atoms with Crippen molar-refractivity contribution in [3.05, 3.63) is 58.6 Å². The zero-order chi connectivity index (χ0) is 20.8. The molecule has 2 aromatic carbocycles. The van der Waals surface area contributed by atoms with Crippen LogP contribution in [-0.4, -0.2) is 49.6 Å². The summed E-state index contributed by atoms with van der Waals surface area (Å²) in [4.78, 5) is 16.9. The molecule has 6 heteroatoms. The van der Waals surface area contributed by atoms with E-state index in [1.807, 2.05) is 41.3 Å². The van der Waals surface area contributed by atoms with E-state index in [1.165, 1.54) is 0 Å². The zero-order valence-electron chi connectivity index (χ0n) is 17.4. The molecule has 156 valence electrons. The first kappa shape index (κ1) is 21.5. The molecule has 1 aliphatic rings. The minimum atomic E-state index is 0.215. The number of hydrogen-bond donors (Lipinski definition) is 0. The summed E-state index contributed by atoms with van der Waals surface area (Å²) in [5.74, 6) is 1.68. The number of amides is 1. The average molecular weight is 417 g/mol. The smallest absolute Gasteiger partial charge is 0.222 e. The maximum absolute atomic E-state index is 12.6. The van der Waals surface area contributed by atoms with Crippen molar-refractivity contribution in [3.8, 4) is 11.5 Å². The van der Waals surface area contributed by atoms with Crippen LogP contribution in [0.5, 0.6) is 11.5 Å². The first-order chi connectivity index (χ1) is 14.0. The van der Waals surface area contributed by atoms with Crippen LogP contribution in [0, 0.1) is 0 Å². The number of nitrogens with zero attached hydrogens (tertiary/aromatic N) is 2. The average Bonchev–Trinajstić information content (AvgIpc) is 2.90. The number of likely N-dealkylation sites (tertiary alicyclic amines) is 1. The number of ether oxygens (including phenoxy) is 2. The summed E-state index contributed by atoms with van der Waals surface area (Å²) in [6.07, 6.45) is 2.40. The Morgan fingerprint density at radius 1 is 1.07 bits per heavy atom. The molecule has 1 heterocycles. The van der Waals surface area contributed by atoms with E-state index in [1.54, 1.807) is 14.2 Å². The second kappa shape index (κ2) is 9.99. The SMILES string of the molecule is COc1ccc(CN(C)C2CCC(=O)N(Cc3cccc(Cl)c3)CC2)cc1OC. The largest absolute Gasteiger partial charge is 0.493 e. The summed E-state index contributed by atoms with van der Waals surface area (Å²) in [6.45, 7) is 2.17. The molecule has 3 rings (SSSR count). The summed E-state index contributed by atoms with van der Waals surface area (Å²) in [6, 6.07) is 14.1. The Bertz CT molecular complexity index is 843. The topological polar surface area (TPSA) is 42.0 Å². The van der Waals surface area contributed by atoms with Crippen LogP contribution in [-0.2, 0) is 17.9 Å². The van der Waals surface area contributed by atoms with Gasteiger partial charge in [-0.1, -0.05) is 29.8 Å². The Hall–Kier alpha value is -2.24. The van der Waals surface area contributed by atoms with Gasteiger partial charge in [0.05, 0.1) is 14.2 Å². The summed E-state index contributed by atoms with van der Waals surface area (Å²) >= 11 is 6.09. The van der Waals surface area contributed by atoms with Gasteiger partial charge >= 0.3 is 0 Å². The molecule has 0 spiro atoms. The molecule has 1 saturated heterocycles. The van der Waals surface area contributed by atoms with E-state index >= 15 is 0 Å². The molecule has 2 aromatic rings. The second-order valence-corrected chi connectivity index (χ2v) is 7.97. The predicted octanol–water partition coefficient (Wildman–Crippen LogP) is 4.37. The number of carbonyl (C=O) groups is 1. The maximum atomic E-state index is 12.6. The zero-order valence-corrected chi connectivity index (χ0v) is 18.1. The molecule has 1 fully saturated rings. The quantitative estimate of drug-likeness (QED) is 0.672. The number of hydrogen-bond acceptors (Lipinski definition) is 4. The van der Waals surface area contributed by atoms with Gasteiger partial charge in [0.2, 0.25) is 5.91 Å². The molecule has 0 saturated carbocycles. The van der Waals surface area contributed by atoms with Crippen LogP contribution in [0.15, 0.2) is 42.5 Å². The highest BCUT2D eigenvalue weighted by Gasteiger charge is 2.25. The predicted molar refractivity (Wildman–Crippen MR) is 116 cm³/mol. The molecular weight excluding hydrogens is 388 g/mol. The van der Waals surface area contributed by atoms with E-state index in [2.05, 4.69) is 18.0 Å². The Morgan fingerprint density at radius 2 is 1.86 bits per heavy atom. The third-order valence-corrected chi connectivity index (χ3v) is 5.78. The molecule has 1 amide bonds. The molecule has 0 radical (unpaired) electrons. The van der Waals surface area contributed by atoms with Crippen LogP contribution < -0.4 is 9.47 Å². The fraction of sp³-hybridized carbons (Fsp3) is 0.435. The number of halogens is 1. The minimum absolute atomic E-state index is 0.215. The van der Waals surface area contributed by atoms with Gasteiger partial charge in [0.15, 0.2) is 11.5 Å². The van der Waals surface area contributed by atoms with Crippen molar-refractivity contribution in [3.63, 3.8) is 0 Å². The molecule has 1 unspecified atom stereocenters. The highest BCUT2D eigenvalue weighted by molar-refractivity contribution is 6.30. The Balaban J connectivity index is 1.61. The van der Waals surface area contributed by atoms with Crippen molar-refractivity contribution in [2.24, 2.45) is 0 Å². The normalized spacial score (nSPS) is 17.3. The molecule has 0 bridgehead atoms. The Labute approximate surface area is 178 Å². The number of benzene rings is 2. The van der Waals surface area contributed by atoms with Crippen LogP contribution in [0.25, 0.3) is 0 Å². The molecule has 1 atom stereocenters. The van der Waals surface area contributed by atoms with E-state index in [0.717, 1.165) is 48.6 Å². The van der Waals surface area contributed by atoms with Crippen LogP contribution in [0.3, 0.4) is 0 Å². The van der Waals surface area contributed by atoms with Crippen LogP contribution in [0.4, 0.5) is 0 Å². The lowest BCUT2D eigenvalue weighted by Crippen LogP contribution is -2.33. The molecule has 5 nitrogen and oxygen atoms in total. The van der Waals surface area contributed by atoms with Crippen LogP contribution >= 0.6 is 11.6 Å². The van der Waals surface area contributed by atoms with Crippen molar-refractivity contribution >= 4 is 17.5 Å². The first-order valence-electron chi connectivity index (χ1n) is 9.93. The molecule has 1 aliphatic heterocycles. The minimum Gasteiger partial charge on any atom is -0.493 e. The lowest BCUT2D eigenvalue weighted by Gasteiger charge is -2.27. The summed E-state index contributed by atoms with van der Waals surface area (Å²) in [5, 5.41) is 0.706. The number of methoxy groups -OCH3 is 2. The number of rotatable bonds is 7. The van der Waals surface area contributed by atoms with Gasteiger partial charge in [0, 0.05) is 37.1 Å². The van der Waals surface area contributed by atoms with Crippen molar-refractivity contribution in [2.45, 2.75) is 38.4 Å². The van der Waals surface area contributed by atoms with Gasteiger partial charge in [-0.15, -0.1) is 0 Å². The third-order valence-electron chi connectivity index (χ3n) is 5.54. The molecule has 0 aliphatic carbocycles. The maximum Gasteiger partial charge on any atom is 0.222 e. The molecule has 29 heavy (non-hydrogen) atoms. The molecular formula is C23H29ClN2O3. The lowest BCUT2D eigenvalue weighted by atomic mass is 10.1. The van der Waals surface area contributed by atoms with E-state index < -0.39 is 0 Å². The molecule has 0 aromatic heterocycles. The van der Waals surface area contributed by atoms with Crippen molar-refractivity contribution in [1.29, 1.82) is 0 Å². The van der Waals surface area contributed by atoms with E-state index in [0.29, 0.717) is 24.0 Å². The van der Waals surface area contributed by atoms with Gasteiger partial charge in [-0.25, -0.2) is 0 Å². The monoisotopic (exact) mass is 416 g/mol. The Kier molecular flexibility index (Phi) is 7.40. The van der Waals surface area contributed by atoms with Gasteiger partial charge in [0.1, 0.15) is 0 Å². The highest BCUT2D eigenvalue weighted by Crippen LogP contribution is 2.29. The second-order valence-electron chi connectivity index (χ2n) is 7.53. The van der Waals surface area contributed by atoms with E-state index in [4.69, 9.17) is 21.1 Å². The Morgan fingerprint density at radius 3 is 2.59 bits per heavy atom. The van der Waals surface area contributed by atoms with Gasteiger partial charge in [-0.2, -0.15) is 0 Å². The fourth-order valence-electron chi connectivity index (χ4n) is 3.88. The van der Waals surface area contributed by atoms with Gasteiger partial charge in [-0.05, 0) is 55.3 Å². The third kappa shape index (κ3) is 5.64. The summed E-state index contributed by atoms with van der Waals surface area (Å²) < 4.78 is 10.7. The van der Waals surface area contributed by atoms with Gasteiger partial charge in [0.25, 0.3) is 0 Å². The van der Waals surface area contributed by atoms with Crippen molar-refractivity contribution in [1.82, 2.24) is 9.80 Å². The van der Waals surface area contributed by atoms with Gasteiger partial charge in [-0.3, -0.25) is 9.69 Å². The van der Waals surface area contributed by atoms with Crippen molar-refractivity contribution in [2.75, 3.05) is 27.8 Å². The number of carbonyl (C=O) groups excluding carboxylic acids is 1. The van der Waals surface area contributed by atoms with Crippen LogP contribution in [0.1, 0.15) is 30.4 Å². The van der Waals surface area contributed by atoms with Crippen molar-refractivity contribution < 1.29 is 14.3 Å². The summed E-state index contributed by atoms with van der Waals surface area (Å²) in [7, 11) is 5.41. The summed E-state index contributed by atoms with van der Waals surface area (Å²) in [5.41, 5.74) is 2.24. The fourth-order valence-corrected chi connectivity index (χ4v) is 4.09. The van der Waals surface area contributed by atoms with E-state index in [-0.39, 0.29) is 5.91 Å².